The smallest absolute Gasteiger partial charge is 0.145 e. The van der Waals surface area contributed by atoms with Crippen molar-refractivity contribution in [3.8, 4) is 11.3 Å². The highest BCUT2D eigenvalue weighted by molar-refractivity contribution is 6.33. The van der Waals surface area contributed by atoms with Crippen LogP contribution in [0.4, 0.5) is 0 Å². The molecule has 3 aliphatic carbocycles. The number of nitrogens with zero attached hydrogens (tertiary/aromatic N) is 1. The van der Waals surface area contributed by atoms with Gasteiger partial charge in [-0.2, -0.15) is 0 Å². The summed E-state index contributed by atoms with van der Waals surface area (Å²) in [6.45, 7) is 5.02. The minimum atomic E-state index is 0.0483. The Bertz CT molecular complexity index is 867. The maximum absolute atomic E-state index is 6.84. The van der Waals surface area contributed by atoms with E-state index in [1.807, 2.05) is 12.1 Å². The van der Waals surface area contributed by atoms with E-state index in [1.54, 1.807) is 0 Å². The number of fused-ring (bicyclic) bond motifs is 2. The second kappa shape index (κ2) is 7.74. The van der Waals surface area contributed by atoms with E-state index in [-0.39, 0.29) is 5.60 Å². The van der Waals surface area contributed by atoms with Crippen molar-refractivity contribution in [1.82, 2.24) is 5.16 Å². The Morgan fingerprint density at radius 3 is 2.86 bits per heavy atom. The van der Waals surface area contributed by atoms with Crippen molar-refractivity contribution in [3.63, 3.8) is 0 Å². The molecule has 0 amide bonds. The summed E-state index contributed by atoms with van der Waals surface area (Å²) in [5.74, 6) is 3.19. The summed E-state index contributed by atoms with van der Waals surface area (Å²) in [6.07, 6.45) is 11.4. The molecule has 1 heterocycles. The van der Waals surface area contributed by atoms with Crippen molar-refractivity contribution < 1.29 is 9.26 Å². The van der Waals surface area contributed by atoms with Crippen molar-refractivity contribution in [2.24, 2.45) is 11.8 Å². The van der Waals surface area contributed by atoms with Crippen molar-refractivity contribution in [1.29, 1.82) is 0 Å². The molecule has 2 bridgehead atoms. The number of ether oxygens (including phenoxy) is 1. The lowest BCUT2D eigenvalue weighted by Gasteiger charge is -2.48. The van der Waals surface area contributed by atoms with Gasteiger partial charge < -0.3 is 9.26 Å². The third kappa shape index (κ3) is 3.77. The third-order valence-corrected chi connectivity index (χ3v) is 7.87. The molecule has 3 aliphatic rings. The number of halogens is 1. The van der Waals surface area contributed by atoms with E-state index in [0.29, 0.717) is 12.5 Å². The Morgan fingerprint density at radius 1 is 1.24 bits per heavy atom. The fourth-order valence-electron chi connectivity index (χ4n) is 5.89. The number of rotatable bonds is 6. The second-order valence-corrected chi connectivity index (χ2v) is 10.1. The van der Waals surface area contributed by atoms with Gasteiger partial charge in [0.15, 0.2) is 0 Å². The number of hydrogen-bond acceptors (Lipinski definition) is 3. The zero-order valence-electron chi connectivity index (χ0n) is 17.7. The molecule has 0 saturated heterocycles. The maximum Gasteiger partial charge on any atom is 0.145 e. The van der Waals surface area contributed by atoms with Gasteiger partial charge in [-0.25, -0.2) is 0 Å². The van der Waals surface area contributed by atoms with E-state index in [4.69, 9.17) is 20.9 Å². The van der Waals surface area contributed by atoms with Gasteiger partial charge in [0.1, 0.15) is 11.5 Å². The van der Waals surface area contributed by atoms with Crippen LogP contribution in [-0.2, 0) is 11.3 Å². The van der Waals surface area contributed by atoms with Crippen molar-refractivity contribution in [2.75, 3.05) is 0 Å². The van der Waals surface area contributed by atoms with Gasteiger partial charge in [-0.3, -0.25) is 0 Å². The molecule has 3 fully saturated rings. The van der Waals surface area contributed by atoms with Crippen LogP contribution < -0.4 is 0 Å². The predicted octanol–water partition coefficient (Wildman–Crippen LogP) is 7.45. The number of aryl methyl sites for hydroxylation is 1. The lowest BCUT2D eigenvalue weighted by atomic mass is 9.64. The minimum Gasteiger partial charge on any atom is -0.370 e. The quantitative estimate of drug-likeness (QED) is 0.493. The molecule has 0 spiro atoms. The number of benzene rings is 1. The summed E-state index contributed by atoms with van der Waals surface area (Å²) in [5, 5.41) is 5.24. The first-order valence-electron chi connectivity index (χ1n) is 11.5. The Labute approximate surface area is 179 Å². The molecule has 4 heteroatoms. The molecule has 29 heavy (non-hydrogen) atoms. The number of aromatic nitrogens is 1. The average Bonchev–Trinajstić information content (AvgIpc) is 3.46. The summed E-state index contributed by atoms with van der Waals surface area (Å²) in [7, 11) is 0. The van der Waals surface area contributed by atoms with Gasteiger partial charge in [0.05, 0.1) is 17.2 Å². The van der Waals surface area contributed by atoms with E-state index >= 15 is 0 Å². The van der Waals surface area contributed by atoms with Gasteiger partial charge in [-0.1, -0.05) is 55.1 Å². The summed E-state index contributed by atoms with van der Waals surface area (Å²) in [5.41, 5.74) is 4.21. The molecule has 0 radical (unpaired) electrons. The zero-order chi connectivity index (χ0) is 20.0. The van der Waals surface area contributed by atoms with Crippen LogP contribution in [0.15, 0.2) is 22.7 Å². The highest BCUT2D eigenvalue weighted by Gasteiger charge is 2.44. The first-order valence-corrected chi connectivity index (χ1v) is 11.8. The fourth-order valence-corrected chi connectivity index (χ4v) is 6.20. The Balaban J connectivity index is 1.46. The van der Waals surface area contributed by atoms with Crippen molar-refractivity contribution >= 4 is 11.6 Å². The monoisotopic (exact) mass is 413 g/mol. The summed E-state index contributed by atoms with van der Waals surface area (Å²) >= 11 is 6.59. The maximum atomic E-state index is 6.84. The molecular weight excluding hydrogens is 382 g/mol. The van der Waals surface area contributed by atoms with Crippen molar-refractivity contribution in [3.05, 3.63) is 40.1 Å². The van der Waals surface area contributed by atoms with E-state index in [9.17, 15) is 0 Å². The fraction of sp³-hybridized carbons (Fsp3) is 0.640. The van der Waals surface area contributed by atoms with Crippen molar-refractivity contribution in [2.45, 2.75) is 89.8 Å². The topological polar surface area (TPSA) is 35.3 Å². The van der Waals surface area contributed by atoms with Crippen LogP contribution >= 0.6 is 11.6 Å². The van der Waals surface area contributed by atoms with E-state index in [2.05, 4.69) is 25.1 Å². The standard InChI is InChI=1S/C25H32ClNO2/c1-3-17-12-18-7-5-11-25(13-17,14-18)28-15-20-23(27-29-24(20)19-9-10-19)22-16(2)6-4-8-21(22)26/h4,6,8,17-19H,3,5,7,9-15H2,1-2H3/t17-,18?,25-/m1/s1. The van der Waals surface area contributed by atoms with Crippen LogP contribution in [0.25, 0.3) is 11.3 Å². The van der Waals surface area contributed by atoms with Crippen LogP contribution in [0.2, 0.25) is 5.02 Å². The first kappa shape index (κ1) is 19.6. The zero-order valence-corrected chi connectivity index (χ0v) is 18.4. The Hall–Kier alpha value is -1.32. The highest BCUT2D eigenvalue weighted by Crippen LogP contribution is 2.50. The minimum absolute atomic E-state index is 0.0483. The Kier molecular flexibility index (Phi) is 5.24. The van der Waals surface area contributed by atoms with Gasteiger partial charge in [-0.15, -0.1) is 0 Å². The molecule has 0 N–H and O–H groups in total. The highest BCUT2D eigenvalue weighted by atomic mass is 35.5. The second-order valence-electron chi connectivity index (χ2n) is 9.73. The largest absolute Gasteiger partial charge is 0.370 e. The van der Waals surface area contributed by atoms with Crippen LogP contribution in [0, 0.1) is 18.8 Å². The van der Waals surface area contributed by atoms with E-state index < -0.39 is 0 Å². The van der Waals surface area contributed by atoms with Crippen LogP contribution in [0.3, 0.4) is 0 Å². The molecule has 0 aliphatic heterocycles. The molecule has 3 atom stereocenters. The molecule has 3 nitrogen and oxygen atoms in total. The summed E-state index contributed by atoms with van der Waals surface area (Å²) < 4.78 is 12.7. The van der Waals surface area contributed by atoms with Gasteiger partial charge in [0, 0.05) is 17.0 Å². The average molecular weight is 414 g/mol. The lowest BCUT2D eigenvalue weighted by Crippen LogP contribution is -2.44. The molecule has 1 aromatic carbocycles. The molecule has 1 unspecified atom stereocenters. The molecule has 3 saturated carbocycles. The van der Waals surface area contributed by atoms with Gasteiger partial charge >= 0.3 is 0 Å². The Morgan fingerprint density at radius 2 is 2.10 bits per heavy atom. The first-order chi connectivity index (χ1) is 14.1. The van der Waals surface area contributed by atoms with Gasteiger partial charge in [0.2, 0.25) is 0 Å². The number of hydrogen-bond donors (Lipinski definition) is 0. The van der Waals surface area contributed by atoms with E-state index in [1.165, 1.54) is 57.8 Å². The third-order valence-electron chi connectivity index (χ3n) is 7.56. The molecule has 1 aromatic heterocycles. The molecule has 5 rings (SSSR count). The molecular formula is C25H32ClNO2. The van der Waals surface area contributed by atoms with Crippen LogP contribution in [-0.4, -0.2) is 10.8 Å². The summed E-state index contributed by atoms with van der Waals surface area (Å²) in [6, 6.07) is 6.03. The summed E-state index contributed by atoms with van der Waals surface area (Å²) in [4.78, 5) is 0. The van der Waals surface area contributed by atoms with Gasteiger partial charge in [0.25, 0.3) is 0 Å². The molecule has 156 valence electrons. The van der Waals surface area contributed by atoms with Crippen LogP contribution in [0.1, 0.15) is 87.5 Å². The lowest BCUT2D eigenvalue weighted by molar-refractivity contribution is -0.128. The van der Waals surface area contributed by atoms with Gasteiger partial charge in [-0.05, 0) is 68.9 Å². The van der Waals surface area contributed by atoms with E-state index in [0.717, 1.165) is 45.0 Å². The molecule has 2 aromatic rings. The predicted molar refractivity (Wildman–Crippen MR) is 116 cm³/mol. The normalized spacial score (nSPS) is 29.2. The SMILES string of the molecule is CC[C@@H]1CC2CCC[C@](OCc3c(-c4c(C)cccc4Cl)noc3C3CC3)(C2)C1. The van der Waals surface area contributed by atoms with Crippen LogP contribution in [0.5, 0.6) is 0 Å².